The van der Waals surface area contributed by atoms with Gasteiger partial charge in [-0.1, -0.05) is 6.07 Å². The van der Waals surface area contributed by atoms with E-state index in [0.717, 1.165) is 0 Å². The van der Waals surface area contributed by atoms with Gasteiger partial charge >= 0.3 is 5.97 Å². The van der Waals surface area contributed by atoms with Crippen LogP contribution >= 0.6 is 0 Å². The molecule has 1 aliphatic heterocycles. The summed E-state index contributed by atoms with van der Waals surface area (Å²) in [4.78, 5) is 23.7. The fraction of sp³-hybridized carbons (Fsp3) is 0.462. The predicted octanol–water partition coefficient (Wildman–Crippen LogP) is 1.91. The summed E-state index contributed by atoms with van der Waals surface area (Å²) in [5.74, 6) is -1.17. The lowest BCUT2D eigenvalue weighted by Crippen LogP contribution is -2.46. The number of aromatic carboxylic acids is 1. The fourth-order valence-corrected chi connectivity index (χ4v) is 2.54. The average Bonchev–Trinajstić information content (AvgIpc) is 2.36. The largest absolute Gasteiger partial charge is 0.478 e. The molecular weight excluding hydrogens is 264 g/mol. The standard InChI is InChI=1S/C13H16N2O5/c1-8-6-14(7-9(2)20-8)12-10(13(16)17)4-3-5-11(12)15(18)19/h3-5,8-9H,6-7H2,1-2H3,(H,16,17)/t8-,9+. The molecular formula is C13H16N2O5. The summed E-state index contributed by atoms with van der Waals surface area (Å²) in [6.45, 7) is 4.57. The van der Waals surface area contributed by atoms with E-state index in [9.17, 15) is 20.0 Å². The molecule has 1 aromatic rings. The molecule has 7 heteroatoms. The van der Waals surface area contributed by atoms with E-state index in [-0.39, 0.29) is 29.1 Å². The highest BCUT2D eigenvalue weighted by Gasteiger charge is 2.31. The lowest BCUT2D eigenvalue weighted by atomic mass is 10.1. The summed E-state index contributed by atoms with van der Waals surface area (Å²) < 4.78 is 5.58. The number of hydrogen-bond donors (Lipinski definition) is 1. The van der Waals surface area contributed by atoms with Gasteiger partial charge in [-0.25, -0.2) is 4.79 Å². The summed E-state index contributed by atoms with van der Waals surface area (Å²) in [5, 5.41) is 20.4. The van der Waals surface area contributed by atoms with Crippen LogP contribution in [0.4, 0.5) is 11.4 Å². The van der Waals surface area contributed by atoms with Gasteiger partial charge in [0, 0.05) is 19.2 Å². The summed E-state index contributed by atoms with van der Waals surface area (Å²) in [6.07, 6.45) is -0.222. The van der Waals surface area contributed by atoms with Crippen molar-refractivity contribution in [1.82, 2.24) is 0 Å². The van der Waals surface area contributed by atoms with Crippen molar-refractivity contribution < 1.29 is 19.6 Å². The molecule has 1 heterocycles. The van der Waals surface area contributed by atoms with Gasteiger partial charge in [-0.3, -0.25) is 10.1 Å². The highest BCUT2D eigenvalue weighted by Crippen LogP contribution is 2.34. The molecule has 1 N–H and O–H groups in total. The molecule has 0 bridgehead atoms. The zero-order valence-corrected chi connectivity index (χ0v) is 11.3. The number of nitrogens with zero attached hydrogens (tertiary/aromatic N) is 2. The van der Waals surface area contributed by atoms with Crippen molar-refractivity contribution in [3.05, 3.63) is 33.9 Å². The molecule has 1 fully saturated rings. The smallest absolute Gasteiger partial charge is 0.338 e. The van der Waals surface area contributed by atoms with E-state index in [1.807, 2.05) is 13.8 Å². The van der Waals surface area contributed by atoms with Crippen LogP contribution in [0.1, 0.15) is 24.2 Å². The van der Waals surface area contributed by atoms with E-state index in [0.29, 0.717) is 13.1 Å². The number of rotatable bonds is 3. The first-order chi connectivity index (χ1) is 9.40. The number of nitro groups is 1. The molecule has 0 saturated carbocycles. The summed E-state index contributed by atoms with van der Waals surface area (Å²) in [6, 6.07) is 4.10. The molecule has 0 spiro atoms. The number of benzene rings is 1. The lowest BCUT2D eigenvalue weighted by molar-refractivity contribution is -0.384. The minimum Gasteiger partial charge on any atom is -0.478 e. The number of hydrogen-bond acceptors (Lipinski definition) is 5. The second-order valence-electron chi connectivity index (χ2n) is 4.90. The number of ether oxygens (including phenoxy) is 1. The number of para-hydroxylation sites is 1. The molecule has 1 saturated heterocycles. The van der Waals surface area contributed by atoms with Gasteiger partial charge in [0.2, 0.25) is 0 Å². The van der Waals surface area contributed by atoms with Gasteiger partial charge in [0.05, 0.1) is 22.7 Å². The van der Waals surface area contributed by atoms with Crippen LogP contribution in [0.15, 0.2) is 18.2 Å². The SMILES string of the molecule is C[C@@H]1CN(c2c(C(=O)O)cccc2[N+](=O)[O-])C[C@H](C)O1. The average molecular weight is 280 g/mol. The van der Waals surface area contributed by atoms with Crippen LogP contribution in [0.2, 0.25) is 0 Å². The quantitative estimate of drug-likeness (QED) is 0.671. The molecule has 0 amide bonds. The van der Waals surface area contributed by atoms with Gasteiger partial charge in [-0.05, 0) is 19.9 Å². The first-order valence-corrected chi connectivity index (χ1v) is 6.31. The molecule has 108 valence electrons. The van der Waals surface area contributed by atoms with Gasteiger partial charge in [0.1, 0.15) is 5.69 Å². The van der Waals surface area contributed by atoms with Crippen molar-refractivity contribution in [2.75, 3.05) is 18.0 Å². The lowest BCUT2D eigenvalue weighted by Gasteiger charge is -2.37. The Morgan fingerprint density at radius 1 is 1.40 bits per heavy atom. The topological polar surface area (TPSA) is 92.9 Å². The fourth-order valence-electron chi connectivity index (χ4n) is 2.54. The number of carboxylic acids is 1. The number of nitro benzene ring substituents is 1. The molecule has 7 nitrogen and oxygen atoms in total. The molecule has 0 aliphatic carbocycles. The molecule has 1 aromatic carbocycles. The van der Waals surface area contributed by atoms with Crippen LogP contribution in [0.3, 0.4) is 0 Å². The number of carbonyl (C=O) groups is 1. The third kappa shape index (κ3) is 2.72. The van der Waals surface area contributed by atoms with Gasteiger partial charge in [0.15, 0.2) is 0 Å². The van der Waals surface area contributed by atoms with E-state index in [2.05, 4.69) is 0 Å². The monoisotopic (exact) mass is 280 g/mol. The minimum absolute atomic E-state index is 0.0551. The maximum absolute atomic E-state index is 11.3. The maximum Gasteiger partial charge on any atom is 0.338 e. The molecule has 0 radical (unpaired) electrons. The van der Waals surface area contributed by atoms with E-state index in [1.54, 1.807) is 4.90 Å². The molecule has 20 heavy (non-hydrogen) atoms. The third-order valence-corrected chi connectivity index (χ3v) is 3.18. The van der Waals surface area contributed by atoms with E-state index in [1.165, 1.54) is 18.2 Å². The molecule has 0 aromatic heterocycles. The molecule has 1 aliphatic rings. The second kappa shape index (κ2) is 5.46. The Morgan fingerprint density at radius 3 is 2.50 bits per heavy atom. The predicted molar refractivity (Wildman–Crippen MR) is 72.3 cm³/mol. The highest BCUT2D eigenvalue weighted by molar-refractivity contribution is 5.97. The zero-order chi connectivity index (χ0) is 14.9. The van der Waals surface area contributed by atoms with Crippen molar-refractivity contribution >= 4 is 17.3 Å². The summed E-state index contributed by atoms with van der Waals surface area (Å²) in [5.41, 5.74) is -0.0845. The minimum atomic E-state index is -1.17. The van der Waals surface area contributed by atoms with Crippen LogP contribution in [0, 0.1) is 10.1 Å². The second-order valence-corrected chi connectivity index (χ2v) is 4.90. The van der Waals surface area contributed by atoms with Crippen LogP contribution < -0.4 is 4.90 Å². The third-order valence-electron chi connectivity index (χ3n) is 3.18. The van der Waals surface area contributed by atoms with Crippen molar-refractivity contribution in [3.8, 4) is 0 Å². The van der Waals surface area contributed by atoms with Gasteiger partial charge in [-0.2, -0.15) is 0 Å². The van der Waals surface area contributed by atoms with E-state index >= 15 is 0 Å². The van der Waals surface area contributed by atoms with Crippen LogP contribution in [-0.4, -0.2) is 41.3 Å². The van der Waals surface area contributed by atoms with Crippen molar-refractivity contribution in [2.45, 2.75) is 26.1 Å². The Bertz CT molecular complexity index is 503. The molecule has 0 unspecified atom stereocenters. The summed E-state index contributed by atoms with van der Waals surface area (Å²) in [7, 11) is 0. The number of anilines is 1. The van der Waals surface area contributed by atoms with Gasteiger partial charge < -0.3 is 14.7 Å². The Morgan fingerprint density at radius 2 is 2.00 bits per heavy atom. The van der Waals surface area contributed by atoms with E-state index < -0.39 is 10.9 Å². The van der Waals surface area contributed by atoms with Crippen LogP contribution in [0.25, 0.3) is 0 Å². The Balaban J connectivity index is 2.52. The number of morpholine rings is 1. The Labute approximate surface area is 115 Å². The van der Waals surface area contributed by atoms with Crippen molar-refractivity contribution in [1.29, 1.82) is 0 Å². The molecule has 2 rings (SSSR count). The van der Waals surface area contributed by atoms with Crippen LogP contribution in [0.5, 0.6) is 0 Å². The zero-order valence-electron chi connectivity index (χ0n) is 11.3. The molecule has 2 atom stereocenters. The first kappa shape index (κ1) is 14.3. The normalized spacial score (nSPS) is 22.6. The highest BCUT2D eigenvalue weighted by atomic mass is 16.6. The Kier molecular flexibility index (Phi) is 3.89. The van der Waals surface area contributed by atoms with Crippen molar-refractivity contribution in [2.24, 2.45) is 0 Å². The van der Waals surface area contributed by atoms with Crippen LogP contribution in [-0.2, 0) is 4.74 Å². The number of carboxylic acid groups (broad SMARTS) is 1. The van der Waals surface area contributed by atoms with Gasteiger partial charge in [-0.15, -0.1) is 0 Å². The summed E-state index contributed by atoms with van der Waals surface area (Å²) >= 11 is 0. The van der Waals surface area contributed by atoms with Crippen molar-refractivity contribution in [3.63, 3.8) is 0 Å². The first-order valence-electron chi connectivity index (χ1n) is 6.31. The van der Waals surface area contributed by atoms with Gasteiger partial charge in [0.25, 0.3) is 5.69 Å². The maximum atomic E-state index is 11.3. The van der Waals surface area contributed by atoms with E-state index in [4.69, 9.17) is 4.74 Å². The Hall–Kier alpha value is -2.15.